The minimum atomic E-state index is -0.353. The lowest BCUT2D eigenvalue weighted by atomic mass is 10.3. The van der Waals surface area contributed by atoms with Crippen LogP contribution in [0.25, 0.3) is 0 Å². The van der Waals surface area contributed by atoms with Crippen molar-refractivity contribution in [2.24, 2.45) is 0 Å². The Morgan fingerprint density at radius 2 is 2.20 bits per heavy atom. The van der Waals surface area contributed by atoms with E-state index in [2.05, 4.69) is 0 Å². The molecule has 0 nitrogen and oxygen atoms in total. The van der Waals surface area contributed by atoms with Crippen LogP contribution < -0.4 is 0 Å². The van der Waals surface area contributed by atoms with Crippen molar-refractivity contribution in [3.8, 4) is 0 Å². The summed E-state index contributed by atoms with van der Waals surface area (Å²) in [6, 6.07) is 4.77. The number of benzene rings is 1. The Morgan fingerprint density at radius 1 is 1.50 bits per heavy atom. The average Bonchev–Trinajstić information content (AvgIpc) is 1.95. The summed E-state index contributed by atoms with van der Waals surface area (Å²) in [4.78, 5) is 0.891. The maximum absolute atomic E-state index is 12.6. The van der Waals surface area contributed by atoms with Crippen LogP contribution in [-0.4, -0.2) is 6.26 Å². The van der Waals surface area contributed by atoms with Gasteiger partial charge in [0.2, 0.25) is 0 Å². The fraction of sp³-hybridized carbons (Fsp3) is 0.143. The lowest BCUT2D eigenvalue weighted by molar-refractivity contribution is 0.624. The van der Waals surface area contributed by atoms with Crippen molar-refractivity contribution in [1.82, 2.24) is 0 Å². The van der Waals surface area contributed by atoms with E-state index in [-0.39, 0.29) is 10.8 Å². The van der Waals surface area contributed by atoms with Crippen LogP contribution >= 0.6 is 23.4 Å². The summed E-state index contributed by atoms with van der Waals surface area (Å²) in [6.45, 7) is 0. The van der Waals surface area contributed by atoms with Gasteiger partial charge in [0.15, 0.2) is 0 Å². The van der Waals surface area contributed by atoms with Crippen LogP contribution in [0.3, 0.4) is 0 Å². The molecule has 0 aliphatic heterocycles. The van der Waals surface area contributed by atoms with Gasteiger partial charge in [-0.15, -0.1) is 11.8 Å². The van der Waals surface area contributed by atoms with Gasteiger partial charge in [0.05, 0.1) is 5.02 Å². The van der Waals surface area contributed by atoms with E-state index in [0.29, 0.717) is 0 Å². The summed E-state index contributed by atoms with van der Waals surface area (Å²) in [5, 5.41) is 0.179. The van der Waals surface area contributed by atoms with E-state index < -0.39 is 0 Å². The summed E-state index contributed by atoms with van der Waals surface area (Å²) < 4.78 is 12.6. The number of rotatable bonds is 1. The smallest absolute Gasteiger partial charge is 0.142 e. The molecule has 1 aromatic rings. The number of thioether (sulfide) groups is 1. The molecule has 0 heterocycles. The van der Waals surface area contributed by atoms with Crippen molar-refractivity contribution in [3.05, 3.63) is 29.0 Å². The normalized spacial score (nSPS) is 9.90. The molecule has 1 aromatic carbocycles. The van der Waals surface area contributed by atoms with Crippen molar-refractivity contribution in [2.45, 2.75) is 4.90 Å². The second-order valence-corrected chi connectivity index (χ2v) is 3.07. The van der Waals surface area contributed by atoms with Gasteiger partial charge in [-0.3, -0.25) is 0 Å². The Hall–Kier alpha value is -0.210. The molecule has 1 rings (SSSR count). The highest BCUT2D eigenvalue weighted by Gasteiger charge is 1.98. The molecule has 54 valence electrons. The first-order valence-corrected chi connectivity index (χ1v) is 4.33. The fourth-order valence-electron chi connectivity index (χ4n) is 0.604. The van der Waals surface area contributed by atoms with Gasteiger partial charge < -0.3 is 0 Å². The van der Waals surface area contributed by atoms with E-state index in [1.807, 2.05) is 6.26 Å². The largest absolute Gasteiger partial charge is 0.205 e. The third-order valence-electron chi connectivity index (χ3n) is 1.13. The summed E-state index contributed by atoms with van der Waals surface area (Å²) >= 11 is 6.95. The third-order valence-corrected chi connectivity index (χ3v) is 2.16. The van der Waals surface area contributed by atoms with Crippen molar-refractivity contribution in [3.63, 3.8) is 0 Å². The molecule has 0 bridgehead atoms. The Kier molecular flexibility index (Phi) is 2.57. The van der Waals surface area contributed by atoms with Gasteiger partial charge in [-0.2, -0.15) is 0 Å². The molecule has 0 atom stereocenters. The van der Waals surface area contributed by atoms with E-state index in [1.54, 1.807) is 12.1 Å². The monoisotopic (exact) mass is 176 g/mol. The summed E-state index contributed by atoms with van der Waals surface area (Å²) in [6.07, 6.45) is 1.89. The van der Waals surface area contributed by atoms with E-state index in [9.17, 15) is 4.39 Å². The van der Waals surface area contributed by atoms with Crippen LogP contribution in [0.2, 0.25) is 5.02 Å². The molecule has 10 heavy (non-hydrogen) atoms. The fourth-order valence-corrected chi connectivity index (χ4v) is 1.15. The molecule has 0 unspecified atom stereocenters. The van der Waals surface area contributed by atoms with Gasteiger partial charge in [0, 0.05) is 4.90 Å². The van der Waals surface area contributed by atoms with Crippen LogP contribution in [0.4, 0.5) is 4.39 Å². The van der Waals surface area contributed by atoms with Gasteiger partial charge in [-0.25, -0.2) is 4.39 Å². The Balaban J connectivity index is 3.04. The Morgan fingerprint density at radius 3 is 2.70 bits per heavy atom. The zero-order chi connectivity index (χ0) is 7.56. The number of hydrogen-bond acceptors (Lipinski definition) is 1. The molecular weight excluding hydrogens is 171 g/mol. The quantitative estimate of drug-likeness (QED) is 0.593. The Labute approximate surface area is 68.4 Å². The first-order chi connectivity index (χ1) is 4.74. The first-order valence-electron chi connectivity index (χ1n) is 2.73. The zero-order valence-corrected chi connectivity index (χ0v) is 6.97. The van der Waals surface area contributed by atoms with E-state index in [4.69, 9.17) is 11.6 Å². The molecule has 0 spiro atoms. The van der Waals surface area contributed by atoms with Crippen molar-refractivity contribution in [2.75, 3.05) is 6.26 Å². The van der Waals surface area contributed by atoms with Gasteiger partial charge in [0.1, 0.15) is 5.82 Å². The van der Waals surface area contributed by atoms with Gasteiger partial charge in [-0.05, 0) is 24.5 Å². The average molecular weight is 177 g/mol. The molecular formula is C7H6ClFS. The molecule has 0 fully saturated rings. The van der Waals surface area contributed by atoms with E-state index in [1.165, 1.54) is 17.8 Å². The SMILES string of the molecule is CSc1ccc(Cl)c(F)c1. The number of halogens is 2. The summed E-state index contributed by atoms with van der Waals surface area (Å²) in [5.74, 6) is -0.353. The standard InChI is InChI=1S/C7H6ClFS/c1-10-5-2-3-6(8)7(9)4-5/h2-4H,1H3. The van der Waals surface area contributed by atoms with Gasteiger partial charge in [-0.1, -0.05) is 11.6 Å². The third kappa shape index (κ3) is 1.64. The lowest BCUT2D eigenvalue weighted by Gasteiger charge is -1.96. The van der Waals surface area contributed by atoms with Crippen LogP contribution in [0, 0.1) is 5.82 Å². The van der Waals surface area contributed by atoms with Crippen molar-refractivity contribution < 1.29 is 4.39 Å². The molecule has 0 radical (unpaired) electrons. The molecule has 3 heteroatoms. The number of hydrogen-bond donors (Lipinski definition) is 0. The molecule has 0 aliphatic rings. The highest BCUT2D eigenvalue weighted by Crippen LogP contribution is 2.20. The van der Waals surface area contributed by atoms with Gasteiger partial charge in [0.25, 0.3) is 0 Å². The maximum atomic E-state index is 12.6. The topological polar surface area (TPSA) is 0 Å². The maximum Gasteiger partial charge on any atom is 0.142 e. The zero-order valence-electron chi connectivity index (χ0n) is 5.40. The van der Waals surface area contributed by atoms with E-state index >= 15 is 0 Å². The second-order valence-electron chi connectivity index (χ2n) is 1.78. The Bertz CT molecular complexity index is 237. The minimum absolute atomic E-state index is 0.179. The van der Waals surface area contributed by atoms with Crippen molar-refractivity contribution >= 4 is 23.4 Å². The van der Waals surface area contributed by atoms with Crippen LogP contribution in [-0.2, 0) is 0 Å². The molecule has 0 aliphatic carbocycles. The summed E-state index contributed by atoms with van der Waals surface area (Å²) in [5.41, 5.74) is 0. The summed E-state index contributed by atoms with van der Waals surface area (Å²) in [7, 11) is 0. The second kappa shape index (κ2) is 3.26. The minimum Gasteiger partial charge on any atom is -0.205 e. The van der Waals surface area contributed by atoms with Crippen molar-refractivity contribution in [1.29, 1.82) is 0 Å². The van der Waals surface area contributed by atoms with Crippen LogP contribution in [0.15, 0.2) is 23.1 Å². The van der Waals surface area contributed by atoms with Crippen LogP contribution in [0.1, 0.15) is 0 Å². The highest BCUT2D eigenvalue weighted by molar-refractivity contribution is 7.98. The predicted octanol–water partition coefficient (Wildman–Crippen LogP) is 3.20. The van der Waals surface area contributed by atoms with Crippen LogP contribution in [0.5, 0.6) is 0 Å². The van der Waals surface area contributed by atoms with E-state index in [0.717, 1.165) is 4.90 Å². The lowest BCUT2D eigenvalue weighted by Crippen LogP contribution is -1.76. The predicted molar refractivity (Wildman–Crippen MR) is 43.2 cm³/mol. The molecule has 0 saturated carbocycles. The first kappa shape index (κ1) is 7.89. The molecule has 0 amide bonds. The highest BCUT2D eigenvalue weighted by atomic mass is 35.5. The molecule has 0 saturated heterocycles. The van der Waals surface area contributed by atoms with Gasteiger partial charge >= 0.3 is 0 Å². The molecule has 0 aromatic heterocycles. The molecule has 0 N–H and O–H groups in total.